The van der Waals surface area contributed by atoms with E-state index in [2.05, 4.69) is 10.1 Å². The van der Waals surface area contributed by atoms with Crippen LogP contribution in [0.15, 0.2) is 34.9 Å². The highest BCUT2D eigenvalue weighted by Crippen LogP contribution is 2.48. The van der Waals surface area contributed by atoms with Gasteiger partial charge in [-0.3, -0.25) is 0 Å². The Labute approximate surface area is 256 Å². The minimum Gasteiger partial charge on any atom is -0.478 e. The van der Waals surface area contributed by atoms with Crippen molar-refractivity contribution < 1.29 is 37.1 Å². The Balaban J connectivity index is 1.15. The average Bonchev–Trinajstić information content (AvgIpc) is 3.44. The Morgan fingerprint density at radius 1 is 1.07 bits per heavy atom. The first-order valence-electron chi connectivity index (χ1n) is 13.7. The van der Waals surface area contributed by atoms with Crippen LogP contribution in [0.2, 0.25) is 10.0 Å². The first-order valence-corrected chi connectivity index (χ1v) is 15.2. The molecule has 4 aromatic rings. The molecule has 224 valence electrons. The van der Waals surface area contributed by atoms with E-state index in [1.807, 2.05) is 4.90 Å². The van der Waals surface area contributed by atoms with Gasteiger partial charge in [-0.15, -0.1) is 0 Å². The second-order valence-electron chi connectivity index (χ2n) is 11.1. The summed E-state index contributed by atoms with van der Waals surface area (Å²) in [7, 11) is 0. The molecule has 8 nitrogen and oxygen atoms in total. The lowest BCUT2D eigenvalue weighted by atomic mass is 9.99. The van der Waals surface area contributed by atoms with Crippen molar-refractivity contribution >= 4 is 61.8 Å². The summed E-state index contributed by atoms with van der Waals surface area (Å²) in [5.74, 6) is -1.51. The lowest BCUT2D eigenvalue weighted by molar-refractivity contribution is -0.136. The number of rotatable bonds is 6. The smallest absolute Gasteiger partial charge is 0.418 e. The SMILES string of the molecule is O=C(O)c1cc(C(F)(F)F)c2nc(N3C4CCC3CC(OC(=O)c3c(-c5c(Cl)cccc5Cl)noc3C3CC3)C4)sc2c1. The zero-order chi connectivity index (χ0) is 30.2. The van der Waals surface area contributed by atoms with E-state index < -0.39 is 35.3 Å². The van der Waals surface area contributed by atoms with E-state index in [9.17, 15) is 27.9 Å². The third-order valence-electron chi connectivity index (χ3n) is 8.29. The fourth-order valence-corrected chi connectivity index (χ4v) is 7.98. The van der Waals surface area contributed by atoms with Crippen LogP contribution in [0.5, 0.6) is 0 Å². The standard InChI is InChI=1S/C29H22Cl2F3N3O5S/c30-18-2-1-3-19(31)21(18)24-22(25(42-36-24)12-4-5-12)27(40)41-16-10-14-6-7-15(11-16)37(14)28-35-23-17(29(32,33)34)8-13(26(38)39)9-20(23)43-28/h1-3,8-9,12,14-16H,4-7,10-11H2,(H,38,39). The van der Waals surface area contributed by atoms with Crippen molar-refractivity contribution in [3.05, 3.63) is 62.8 Å². The van der Waals surface area contributed by atoms with Crippen molar-refractivity contribution in [3.8, 4) is 11.3 Å². The molecule has 2 aliphatic heterocycles. The molecule has 2 atom stereocenters. The Morgan fingerprint density at radius 3 is 2.35 bits per heavy atom. The maximum absolute atomic E-state index is 13.8. The number of anilines is 1. The number of hydrogen-bond acceptors (Lipinski definition) is 8. The number of aromatic carboxylic acids is 1. The summed E-state index contributed by atoms with van der Waals surface area (Å²) in [6.45, 7) is 0. The van der Waals surface area contributed by atoms with Crippen molar-refractivity contribution in [1.82, 2.24) is 10.1 Å². The predicted molar refractivity (Wildman–Crippen MR) is 153 cm³/mol. The van der Waals surface area contributed by atoms with E-state index in [0.29, 0.717) is 45.4 Å². The first kappa shape index (κ1) is 28.4. The zero-order valence-corrected chi connectivity index (χ0v) is 24.5. The number of carbonyl (C=O) groups excluding carboxylic acids is 1. The highest BCUT2D eigenvalue weighted by atomic mass is 35.5. The van der Waals surface area contributed by atoms with Gasteiger partial charge in [-0.25, -0.2) is 14.6 Å². The number of piperidine rings is 1. The normalized spacial score (nSPS) is 21.9. The minimum absolute atomic E-state index is 0.0605. The van der Waals surface area contributed by atoms with Crippen LogP contribution in [0, 0.1) is 0 Å². The van der Waals surface area contributed by atoms with Gasteiger partial charge in [-0.2, -0.15) is 13.2 Å². The van der Waals surface area contributed by atoms with Crippen molar-refractivity contribution in [2.45, 2.75) is 68.8 Å². The fraction of sp³-hybridized carbons (Fsp3) is 0.379. The first-order chi connectivity index (χ1) is 20.5. The topological polar surface area (TPSA) is 106 Å². The van der Waals surface area contributed by atoms with Crippen LogP contribution >= 0.6 is 34.5 Å². The van der Waals surface area contributed by atoms with Crippen LogP contribution in [0.4, 0.5) is 18.3 Å². The quantitative estimate of drug-likeness (QED) is 0.208. The van der Waals surface area contributed by atoms with Crippen LogP contribution in [0.25, 0.3) is 21.5 Å². The van der Waals surface area contributed by atoms with Crippen molar-refractivity contribution in [1.29, 1.82) is 0 Å². The summed E-state index contributed by atoms with van der Waals surface area (Å²) in [5.41, 5.74) is -0.943. The van der Waals surface area contributed by atoms with E-state index in [4.69, 9.17) is 32.5 Å². The van der Waals surface area contributed by atoms with Crippen molar-refractivity contribution in [2.75, 3.05) is 4.90 Å². The molecule has 2 aromatic heterocycles. The zero-order valence-electron chi connectivity index (χ0n) is 22.2. The van der Waals surface area contributed by atoms with Gasteiger partial charge in [0, 0.05) is 36.4 Å². The third-order valence-corrected chi connectivity index (χ3v) is 9.94. The average molecular weight is 652 g/mol. The number of carboxylic acids is 1. The Hall–Kier alpha value is -3.35. The number of alkyl halides is 3. The number of carboxylic acid groups (broad SMARTS) is 1. The molecule has 2 bridgehead atoms. The molecule has 1 N–H and O–H groups in total. The van der Waals surface area contributed by atoms with E-state index >= 15 is 0 Å². The van der Waals surface area contributed by atoms with Crippen LogP contribution in [-0.4, -0.2) is 45.4 Å². The molecule has 4 heterocycles. The van der Waals surface area contributed by atoms with E-state index in [1.54, 1.807) is 18.2 Å². The monoisotopic (exact) mass is 651 g/mol. The van der Waals surface area contributed by atoms with Gasteiger partial charge < -0.3 is 19.3 Å². The van der Waals surface area contributed by atoms with Crippen LogP contribution < -0.4 is 4.90 Å². The Bertz CT molecular complexity index is 1750. The molecule has 0 radical (unpaired) electrons. The lowest BCUT2D eigenvalue weighted by Gasteiger charge is -2.38. The number of nitrogens with zero attached hydrogens (tertiary/aromatic N) is 3. The van der Waals surface area contributed by atoms with Gasteiger partial charge in [0.05, 0.1) is 31.4 Å². The minimum atomic E-state index is -4.76. The number of fused-ring (bicyclic) bond motifs is 3. The summed E-state index contributed by atoms with van der Waals surface area (Å²) in [6, 6.07) is 6.61. The van der Waals surface area contributed by atoms with Crippen LogP contribution in [-0.2, 0) is 10.9 Å². The molecule has 2 saturated heterocycles. The summed E-state index contributed by atoms with van der Waals surface area (Å²) >= 11 is 13.9. The second kappa shape index (κ2) is 10.4. The second-order valence-corrected chi connectivity index (χ2v) is 12.9. The molecule has 2 aromatic carbocycles. The number of thiazole rings is 1. The Kier molecular flexibility index (Phi) is 6.86. The van der Waals surface area contributed by atoms with Gasteiger partial charge in [-0.05, 0) is 49.9 Å². The number of esters is 1. The maximum atomic E-state index is 13.8. The predicted octanol–water partition coefficient (Wildman–Crippen LogP) is 8.21. The third kappa shape index (κ3) is 5.02. The van der Waals surface area contributed by atoms with Crippen LogP contribution in [0.1, 0.15) is 76.5 Å². The molecular weight excluding hydrogens is 630 g/mol. The number of halogens is 5. The molecule has 0 amide bonds. The molecule has 1 aliphatic carbocycles. The summed E-state index contributed by atoms with van der Waals surface area (Å²) in [5, 5.41) is 14.6. The summed E-state index contributed by atoms with van der Waals surface area (Å²) < 4.78 is 53.3. The van der Waals surface area contributed by atoms with Gasteiger partial charge >= 0.3 is 18.1 Å². The number of aromatic nitrogens is 2. The lowest BCUT2D eigenvalue weighted by Crippen LogP contribution is -2.46. The molecule has 0 spiro atoms. The van der Waals surface area contributed by atoms with Crippen molar-refractivity contribution in [2.24, 2.45) is 0 Å². The number of benzene rings is 2. The van der Waals surface area contributed by atoms with Crippen LogP contribution in [0.3, 0.4) is 0 Å². The summed E-state index contributed by atoms with van der Waals surface area (Å²) in [4.78, 5) is 31.5. The maximum Gasteiger partial charge on any atom is 0.418 e. The molecule has 2 unspecified atom stereocenters. The molecule has 7 rings (SSSR count). The highest BCUT2D eigenvalue weighted by molar-refractivity contribution is 7.22. The van der Waals surface area contributed by atoms with E-state index in [-0.39, 0.29) is 39.5 Å². The molecule has 3 aliphatic rings. The summed E-state index contributed by atoms with van der Waals surface area (Å²) in [6.07, 6.45) is -1.07. The Morgan fingerprint density at radius 2 is 1.74 bits per heavy atom. The largest absolute Gasteiger partial charge is 0.478 e. The van der Waals surface area contributed by atoms with Gasteiger partial charge in [0.25, 0.3) is 0 Å². The van der Waals surface area contributed by atoms with Gasteiger partial charge in [-0.1, -0.05) is 45.8 Å². The van der Waals surface area contributed by atoms with Gasteiger partial charge in [0.15, 0.2) is 10.9 Å². The van der Waals surface area contributed by atoms with E-state index in [0.717, 1.165) is 37.0 Å². The number of carbonyl (C=O) groups is 2. The van der Waals surface area contributed by atoms with Gasteiger partial charge in [0.2, 0.25) is 0 Å². The van der Waals surface area contributed by atoms with Gasteiger partial charge in [0.1, 0.15) is 17.4 Å². The number of ether oxygens (including phenoxy) is 1. The van der Waals surface area contributed by atoms with E-state index in [1.165, 1.54) is 6.07 Å². The highest BCUT2D eigenvalue weighted by Gasteiger charge is 2.45. The molecule has 14 heteroatoms. The molecule has 1 saturated carbocycles. The van der Waals surface area contributed by atoms with Crippen molar-refractivity contribution in [3.63, 3.8) is 0 Å². The fourth-order valence-electron chi connectivity index (χ4n) is 6.23. The molecule has 43 heavy (non-hydrogen) atoms. The number of hydrogen-bond donors (Lipinski definition) is 1. The molecule has 3 fully saturated rings. The molecular formula is C29H22Cl2F3N3O5S.